The first kappa shape index (κ1) is 12.4. The highest BCUT2D eigenvalue weighted by atomic mass is 16.6. The quantitative estimate of drug-likeness (QED) is 0.455. The molecule has 0 aliphatic carbocycles. The van der Waals surface area contributed by atoms with Gasteiger partial charge in [-0.25, -0.2) is 0 Å². The van der Waals surface area contributed by atoms with Gasteiger partial charge in [0, 0.05) is 6.07 Å². The molecule has 0 saturated carbocycles. The Morgan fingerprint density at radius 3 is 2.88 bits per heavy atom. The third-order valence-electron chi connectivity index (χ3n) is 2.14. The number of nitrogens with zero attached hydrogens (tertiary/aromatic N) is 1. The summed E-state index contributed by atoms with van der Waals surface area (Å²) in [6, 6.07) is 4.87. The number of aryl methyl sites for hydroxylation is 1. The standard InChI is InChI=1S/C11H16N2O3/c1-9-4-5-10(13(14)15)11(8-9)16-7-3-6-12-2/h4-5,8,12H,3,6-7H2,1-2H3. The zero-order chi connectivity index (χ0) is 12.0. The van der Waals surface area contributed by atoms with Crippen molar-refractivity contribution in [3.63, 3.8) is 0 Å². The highest BCUT2D eigenvalue weighted by Gasteiger charge is 2.14. The average Bonchev–Trinajstić information content (AvgIpc) is 2.24. The Bertz CT molecular complexity index is 366. The van der Waals surface area contributed by atoms with E-state index >= 15 is 0 Å². The molecule has 0 aromatic heterocycles. The van der Waals surface area contributed by atoms with Gasteiger partial charge < -0.3 is 10.1 Å². The van der Waals surface area contributed by atoms with E-state index in [-0.39, 0.29) is 5.69 Å². The van der Waals surface area contributed by atoms with Crippen molar-refractivity contribution in [3.05, 3.63) is 33.9 Å². The summed E-state index contributed by atoms with van der Waals surface area (Å²) in [7, 11) is 1.86. The van der Waals surface area contributed by atoms with Crippen molar-refractivity contribution < 1.29 is 9.66 Å². The molecule has 16 heavy (non-hydrogen) atoms. The third-order valence-corrected chi connectivity index (χ3v) is 2.14. The van der Waals surface area contributed by atoms with Crippen molar-refractivity contribution >= 4 is 5.69 Å². The van der Waals surface area contributed by atoms with Crippen LogP contribution in [0.5, 0.6) is 5.75 Å². The van der Waals surface area contributed by atoms with Crippen LogP contribution in [-0.2, 0) is 0 Å². The van der Waals surface area contributed by atoms with Crippen molar-refractivity contribution in [3.8, 4) is 5.75 Å². The number of nitro groups is 1. The summed E-state index contributed by atoms with van der Waals surface area (Å²) in [6.07, 6.45) is 0.821. The van der Waals surface area contributed by atoms with Crippen molar-refractivity contribution in [2.75, 3.05) is 20.2 Å². The maximum atomic E-state index is 10.7. The summed E-state index contributed by atoms with van der Waals surface area (Å²) in [6.45, 7) is 3.19. The zero-order valence-electron chi connectivity index (χ0n) is 9.53. The highest BCUT2D eigenvalue weighted by Crippen LogP contribution is 2.27. The van der Waals surface area contributed by atoms with E-state index in [2.05, 4.69) is 5.32 Å². The molecule has 0 heterocycles. The Hall–Kier alpha value is -1.62. The number of nitro benzene ring substituents is 1. The molecule has 0 aliphatic heterocycles. The Morgan fingerprint density at radius 2 is 2.25 bits per heavy atom. The lowest BCUT2D eigenvalue weighted by Gasteiger charge is -2.07. The molecule has 88 valence electrons. The van der Waals surface area contributed by atoms with Crippen LogP contribution in [0.4, 0.5) is 5.69 Å². The van der Waals surface area contributed by atoms with Gasteiger partial charge in [0.2, 0.25) is 0 Å². The first-order valence-corrected chi connectivity index (χ1v) is 5.17. The topological polar surface area (TPSA) is 64.4 Å². The predicted molar refractivity (Wildman–Crippen MR) is 61.9 cm³/mol. The monoisotopic (exact) mass is 224 g/mol. The Balaban J connectivity index is 2.68. The number of rotatable bonds is 6. The number of benzene rings is 1. The van der Waals surface area contributed by atoms with E-state index in [0.717, 1.165) is 18.5 Å². The number of nitrogens with one attached hydrogen (secondary N) is 1. The Morgan fingerprint density at radius 1 is 1.50 bits per heavy atom. The normalized spacial score (nSPS) is 10.1. The predicted octanol–water partition coefficient (Wildman–Crippen LogP) is 1.89. The molecule has 0 unspecified atom stereocenters. The average molecular weight is 224 g/mol. The van der Waals surface area contributed by atoms with Crippen LogP contribution in [0.3, 0.4) is 0 Å². The lowest BCUT2D eigenvalue weighted by Crippen LogP contribution is -2.12. The van der Waals surface area contributed by atoms with Crippen LogP contribution in [0.1, 0.15) is 12.0 Å². The molecule has 0 bridgehead atoms. The van der Waals surface area contributed by atoms with Crippen molar-refractivity contribution in [1.82, 2.24) is 5.32 Å². The van der Waals surface area contributed by atoms with Crippen LogP contribution in [-0.4, -0.2) is 25.1 Å². The molecule has 0 saturated heterocycles. The summed E-state index contributed by atoms with van der Waals surface area (Å²) < 4.78 is 5.40. The van der Waals surface area contributed by atoms with Gasteiger partial charge in [-0.05, 0) is 38.6 Å². The van der Waals surface area contributed by atoms with Gasteiger partial charge in [-0.2, -0.15) is 0 Å². The fourth-order valence-electron chi connectivity index (χ4n) is 1.32. The number of hydrogen-bond donors (Lipinski definition) is 1. The summed E-state index contributed by atoms with van der Waals surface area (Å²) in [5, 5.41) is 13.7. The minimum atomic E-state index is -0.424. The molecule has 0 radical (unpaired) electrons. The van der Waals surface area contributed by atoms with Crippen molar-refractivity contribution in [2.24, 2.45) is 0 Å². The Kier molecular flexibility index (Phi) is 4.72. The number of hydrogen-bond acceptors (Lipinski definition) is 4. The molecule has 1 N–H and O–H groups in total. The number of ether oxygens (including phenoxy) is 1. The maximum absolute atomic E-state index is 10.7. The maximum Gasteiger partial charge on any atom is 0.310 e. The smallest absolute Gasteiger partial charge is 0.310 e. The lowest BCUT2D eigenvalue weighted by atomic mass is 10.2. The SMILES string of the molecule is CNCCCOc1cc(C)ccc1[N+](=O)[O-]. The van der Waals surface area contributed by atoms with Gasteiger partial charge in [0.25, 0.3) is 0 Å². The molecule has 1 rings (SSSR count). The fourth-order valence-corrected chi connectivity index (χ4v) is 1.32. The van der Waals surface area contributed by atoms with Gasteiger partial charge in [-0.15, -0.1) is 0 Å². The molecule has 5 nitrogen and oxygen atoms in total. The van der Waals surface area contributed by atoms with E-state index in [4.69, 9.17) is 4.74 Å². The molecule has 0 atom stereocenters. The third kappa shape index (κ3) is 3.51. The molecule has 5 heteroatoms. The molecular formula is C11H16N2O3. The summed E-state index contributed by atoms with van der Waals surface area (Å²) in [5.41, 5.74) is 0.976. The highest BCUT2D eigenvalue weighted by molar-refractivity contribution is 5.48. The van der Waals surface area contributed by atoms with Gasteiger partial charge in [-0.3, -0.25) is 10.1 Å². The largest absolute Gasteiger partial charge is 0.487 e. The van der Waals surface area contributed by atoms with Crippen LogP contribution >= 0.6 is 0 Å². The second-order valence-corrected chi connectivity index (χ2v) is 3.53. The molecule has 0 amide bonds. The van der Waals surface area contributed by atoms with E-state index in [1.807, 2.05) is 14.0 Å². The molecular weight excluding hydrogens is 208 g/mol. The molecule has 1 aromatic rings. The van der Waals surface area contributed by atoms with Crippen molar-refractivity contribution in [1.29, 1.82) is 0 Å². The van der Waals surface area contributed by atoms with Gasteiger partial charge in [0.15, 0.2) is 5.75 Å². The van der Waals surface area contributed by atoms with E-state index in [0.29, 0.717) is 12.4 Å². The van der Waals surface area contributed by atoms with E-state index in [9.17, 15) is 10.1 Å². The molecule has 0 aliphatic rings. The Labute approximate surface area is 94.6 Å². The fraction of sp³-hybridized carbons (Fsp3) is 0.455. The van der Waals surface area contributed by atoms with Crippen LogP contribution in [0.15, 0.2) is 18.2 Å². The van der Waals surface area contributed by atoms with Crippen LogP contribution in [0, 0.1) is 17.0 Å². The second-order valence-electron chi connectivity index (χ2n) is 3.53. The summed E-state index contributed by atoms with van der Waals surface area (Å²) >= 11 is 0. The minimum absolute atomic E-state index is 0.0232. The second kappa shape index (κ2) is 6.07. The molecule has 0 fully saturated rings. The van der Waals surface area contributed by atoms with E-state index < -0.39 is 4.92 Å². The van der Waals surface area contributed by atoms with Gasteiger partial charge in [0.05, 0.1) is 11.5 Å². The van der Waals surface area contributed by atoms with E-state index in [1.54, 1.807) is 12.1 Å². The minimum Gasteiger partial charge on any atom is -0.487 e. The zero-order valence-corrected chi connectivity index (χ0v) is 9.53. The van der Waals surface area contributed by atoms with Gasteiger partial charge in [-0.1, -0.05) is 6.07 Å². The first-order chi connectivity index (χ1) is 7.65. The molecule has 1 aromatic carbocycles. The molecule has 0 spiro atoms. The van der Waals surface area contributed by atoms with Crippen molar-refractivity contribution in [2.45, 2.75) is 13.3 Å². The van der Waals surface area contributed by atoms with Crippen LogP contribution in [0.2, 0.25) is 0 Å². The summed E-state index contributed by atoms with van der Waals surface area (Å²) in [4.78, 5) is 10.3. The summed E-state index contributed by atoms with van der Waals surface area (Å²) in [5.74, 6) is 0.348. The first-order valence-electron chi connectivity index (χ1n) is 5.17. The van der Waals surface area contributed by atoms with Gasteiger partial charge >= 0.3 is 5.69 Å². The van der Waals surface area contributed by atoms with E-state index in [1.165, 1.54) is 6.07 Å². The lowest BCUT2D eigenvalue weighted by molar-refractivity contribution is -0.385. The van der Waals surface area contributed by atoms with Crippen LogP contribution < -0.4 is 10.1 Å². The van der Waals surface area contributed by atoms with Crippen LogP contribution in [0.25, 0.3) is 0 Å². The van der Waals surface area contributed by atoms with Gasteiger partial charge in [0.1, 0.15) is 0 Å².